The van der Waals surface area contributed by atoms with Crippen LogP contribution in [0.1, 0.15) is 0 Å². The number of hydrogen-bond acceptors (Lipinski definition) is 3. The van der Waals surface area contributed by atoms with E-state index in [0.717, 1.165) is 0 Å². The molecule has 0 fully saturated rings. The van der Waals surface area contributed by atoms with Crippen molar-refractivity contribution in [2.45, 2.75) is 4.90 Å². The topological polar surface area (TPSA) is 47.3 Å². The van der Waals surface area contributed by atoms with E-state index in [1.165, 1.54) is 12.1 Å². The fraction of sp³-hybridized carbons (Fsp3) is 0. The Bertz CT molecular complexity index is 975. The van der Waals surface area contributed by atoms with Crippen LogP contribution < -0.4 is 0 Å². The van der Waals surface area contributed by atoms with E-state index < -0.39 is 9.05 Å². The van der Waals surface area contributed by atoms with E-state index in [4.69, 9.17) is 49.9 Å². The summed E-state index contributed by atoms with van der Waals surface area (Å²) in [5.74, 6) is 0.397. The Balaban J connectivity index is 2.28. The molecule has 0 amide bonds. The zero-order valence-electron chi connectivity index (χ0n) is 10.6. The highest BCUT2D eigenvalue weighted by Gasteiger charge is 2.21. The standard InChI is InChI=1S/C14H6Cl4O3S/c15-8-3-1-7(2-4-8)14-13(17)9-5-12(22(18,19)20)10(16)6-11(9)21-14/h1-6H. The van der Waals surface area contributed by atoms with Crippen LogP contribution in [0.3, 0.4) is 0 Å². The fourth-order valence-electron chi connectivity index (χ4n) is 2.04. The van der Waals surface area contributed by atoms with Crippen molar-refractivity contribution in [2.24, 2.45) is 0 Å². The van der Waals surface area contributed by atoms with Gasteiger partial charge in [-0.2, -0.15) is 0 Å². The number of hydrogen-bond donors (Lipinski definition) is 0. The van der Waals surface area contributed by atoms with E-state index in [2.05, 4.69) is 0 Å². The molecule has 8 heteroatoms. The van der Waals surface area contributed by atoms with Gasteiger partial charge in [0.2, 0.25) is 0 Å². The molecule has 0 saturated carbocycles. The number of furan rings is 1. The summed E-state index contributed by atoms with van der Waals surface area (Å²) in [6.07, 6.45) is 0. The van der Waals surface area contributed by atoms with Crippen LogP contribution in [0, 0.1) is 0 Å². The minimum atomic E-state index is -3.98. The first kappa shape index (κ1) is 16.0. The van der Waals surface area contributed by atoms with Gasteiger partial charge in [0.15, 0.2) is 5.76 Å². The Morgan fingerprint density at radius 2 is 1.59 bits per heavy atom. The molecule has 114 valence electrons. The lowest BCUT2D eigenvalue weighted by molar-refractivity contribution is 0.609. The van der Waals surface area contributed by atoms with Crippen LogP contribution in [-0.2, 0) is 9.05 Å². The monoisotopic (exact) mass is 394 g/mol. The SMILES string of the molecule is O=S(=O)(Cl)c1cc2c(Cl)c(-c3ccc(Cl)cc3)oc2cc1Cl. The molecule has 0 atom stereocenters. The van der Waals surface area contributed by atoms with Gasteiger partial charge in [-0.05, 0) is 30.3 Å². The first-order valence-electron chi connectivity index (χ1n) is 5.89. The molecule has 3 aromatic rings. The summed E-state index contributed by atoms with van der Waals surface area (Å²) >= 11 is 18.1. The molecule has 3 nitrogen and oxygen atoms in total. The van der Waals surface area contributed by atoms with Crippen LogP contribution in [0.4, 0.5) is 0 Å². The van der Waals surface area contributed by atoms with Gasteiger partial charge in [0, 0.05) is 32.7 Å². The van der Waals surface area contributed by atoms with Crippen LogP contribution in [0.15, 0.2) is 45.7 Å². The van der Waals surface area contributed by atoms with E-state index >= 15 is 0 Å². The largest absolute Gasteiger partial charge is 0.454 e. The molecule has 0 unspecified atom stereocenters. The highest BCUT2D eigenvalue weighted by Crippen LogP contribution is 2.41. The third kappa shape index (κ3) is 2.82. The Morgan fingerprint density at radius 3 is 2.18 bits per heavy atom. The maximum atomic E-state index is 11.5. The first-order valence-corrected chi connectivity index (χ1v) is 9.34. The van der Waals surface area contributed by atoms with Gasteiger partial charge in [-0.1, -0.05) is 34.8 Å². The minimum absolute atomic E-state index is 0.0319. The van der Waals surface area contributed by atoms with Gasteiger partial charge in [-0.25, -0.2) is 8.42 Å². The van der Waals surface area contributed by atoms with E-state index in [1.54, 1.807) is 24.3 Å². The number of fused-ring (bicyclic) bond motifs is 1. The van der Waals surface area contributed by atoms with Gasteiger partial charge in [0.1, 0.15) is 10.5 Å². The molecular weight excluding hydrogens is 390 g/mol. The Kier molecular flexibility index (Phi) is 4.08. The molecule has 0 aliphatic heterocycles. The predicted molar refractivity (Wildman–Crippen MR) is 89.7 cm³/mol. The first-order chi connectivity index (χ1) is 10.3. The van der Waals surface area contributed by atoms with Crippen molar-refractivity contribution in [2.75, 3.05) is 0 Å². The van der Waals surface area contributed by atoms with E-state index in [1.807, 2.05) is 0 Å². The van der Waals surface area contributed by atoms with Gasteiger partial charge >= 0.3 is 0 Å². The molecule has 0 radical (unpaired) electrons. The molecule has 0 spiro atoms. The maximum Gasteiger partial charge on any atom is 0.262 e. The number of benzene rings is 2. The third-order valence-electron chi connectivity index (χ3n) is 3.05. The van der Waals surface area contributed by atoms with Crippen molar-refractivity contribution in [1.29, 1.82) is 0 Å². The van der Waals surface area contributed by atoms with Crippen LogP contribution >= 0.6 is 45.5 Å². The lowest BCUT2D eigenvalue weighted by Gasteiger charge is -1.99. The molecule has 1 aromatic heterocycles. The number of rotatable bonds is 2. The zero-order valence-corrected chi connectivity index (χ0v) is 14.4. The van der Waals surface area contributed by atoms with Crippen LogP contribution in [0.5, 0.6) is 0 Å². The van der Waals surface area contributed by atoms with Gasteiger partial charge in [0.25, 0.3) is 9.05 Å². The van der Waals surface area contributed by atoms with E-state index in [-0.39, 0.29) is 14.9 Å². The molecule has 0 bridgehead atoms. The van der Waals surface area contributed by atoms with Crippen LogP contribution in [0.2, 0.25) is 15.1 Å². The quantitative estimate of drug-likeness (QED) is 0.500. The smallest absolute Gasteiger partial charge is 0.262 e. The van der Waals surface area contributed by atoms with Crippen molar-refractivity contribution >= 4 is 65.5 Å². The fourth-order valence-corrected chi connectivity index (χ4v) is 3.97. The van der Waals surface area contributed by atoms with Crippen molar-refractivity contribution in [3.8, 4) is 11.3 Å². The molecular formula is C14H6Cl4O3S. The van der Waals surface area contributed by atoms with E-state index in [9.17, 15) is 8.42 Å². The second-order valence-corrected chi connectivity index (χ2v) is 8.22. The minimum Gasteiger partial charge on any atom is -0.454 e. The Labute approximate surface area is 145 Å². The molecule has 1 heterocycles. The summed E-state index contributed by atoms with van der Waals surface area (Å²) in [6.45, 7) is 0. The molecule has 2 aromatic carbocycles. The van der Waals surface area contributed by atoms with Crippen molar-refractivity contribution in [3.63, 3.8) is 0 Å². The van der Waals surface area contributed by atoms with Crippen LogP contribution in [0.25, 0.3) is 22.3 Å². The highest BCUT2D eigenvalue weighted by molar-refractivity contribution is 8.13. The Hall–Kier alpha value is -0.910. The van der Waals surface area contributed by atoms with Gasteiger partial charge in [-0.15, -0.1) is 0 Å². The molecule has 0 saturated heterocycles. The second kappa shape index (κ2) is 5.62. The van der Waals surface area contributed by atoms with E-state index in [0.29, 0.717) is 27.3 Å². The molecule has 0 aliphatic rings. The lowest BCUT2D eigenvalue weighted by Crippen LogP contribution is -1.91. The van der Waals surface area contributed by atoms with Crippen molar-refractivity contribution in [3.05, 3.63) is 51.5 Å². The lowest BCUT2D eigenvalue weighted by atomic mass is 10.1. The zero-order chi connectivity index (χ0) is 16.1. The molecule has 0 aliphatic carbocycles. The van der Waals surface area contributed by atoms with Crippen molar-refractivity contribution < 1.29 is 12.8 Å². The summed E-state index contributed by atoms with van der Waals surface area (Å²) in [6, 6.07) is 9.55. The van der Waals surface area contributed by atoms with Gasteiger partial charge in [-0.3, -0.25) is 0 Å². The average Bonchev–Trinajstić information content (AvgIpc) is 2.74. The number of halogens is 4. The average molecular weight is 396 g/mol. The summed E-state index contributed by atoms with van der Waals surface area (Å²) in [4.78, 5) is -0.214. The normalized spacial score (nSPS) is 12.0. The molecule has 3 rings (SSSR count). The van der Waals surface area contributed by atoms with Gasteiger partial charge < -0.3 is 4.42 Å². The summed E-state index contributed by atoms with van der Waals surface area (Å²) in [7, 11) is 1.38. The van der Waals surface area contributed by atoms with Crippen molar-refractivity contribution in [1.82, 2.24) is 0 Å². The predicted octanol–water partition coefficient (Wildman–Crippen LogP) is 5.99. The maximum absolute atomic E-state index is 11.5. The summed E-state index contributed by atoms with van der Waals surface area (Å²) in [5.41, 5.74) is 1.07. The Morgan fingerprint density at radius 1 is 0.955 bits per heavy atom. The van der Waals surface area contributed by atoms with Crippen LogP contribution in [-0.4, -0.2) is 8.42 Å². The third-order valence-corrected chi connectivity index (χ3v) is 5.46. The highest BCUT2D eigenvalue weighted by atomic mass is 35.7. The van der Waals surface area contributed by atoms with Gasteiger partial charge in [0.05, 0.1) is 10.0 Å². The second-order valence-electron chi connectivity index (χ2n) is 4.47. The molecule has 0 N–H and O–H groups in total. The molecule has 22 heavy (non-hydrogen) atoms. The summed E-state index contributed by atoms with van der Waals surface area (Å²) < 4.78 is 28.7. The summed E-state index contributed by atoms with van der Waals surface area (Å²) in [5, 5.41) is 1.23.